The van der Waals surface area contributed by atoms with E-state index in [0.29, 0.717) is 12.5 Å². The van der Waals surface area contributed by atoms with E-state index < -0.39 is 0 Å². The van der Waals surface area contributed by atoms with Crippen LogP contribution in [-0.2, 0) is 4.74 Å². The van der Waals surface area contributed by atoms with Crippen LogP contribution in [0.5, 0.6) is 0 Å². The van der Waals surface area contributed by atoms with Crippen LogP contribution in [0.25, 0.3) is 0 Å². The lowest BCUT2D eigenvalue weighted by molar-refractivity contribution is 0.0929. The SMILES string of the molecule is CC.CC.ClCCOC(c1ccccc1)c1ccccc1. The van der Waals surface area contributed by atoms with Gasteiger partial charge in [0.25, 0.3) is 0 Å². The predicted octanol–water partition coefficient (Wildman–Crippen LogP) is 6.08. The molecule has 116 valence electrons. The minimum Gasteiger partial charge on any atom is -0.368 e. The number of benzene rings is 2. The standard InChI is InChI=1S/C15H15ClO.2C2H6/c16-11-12-17-15(13-7-3-1-4-8-13)14-9-5-2-6-10-14;2*1-2/h1-10,15H,11-12H2;2*1-2H3. The summed E-state index contributed by atoms with van der Waals surface area (Å²) in [6.45, 7) is 8.55. The van der Waals surface area contributed by atoms with Crippen molar-refractivity contribution in [2.24, 2.45) is 0 Å². The molecule has 0 aliphatic rings. The summed E-state index contributed by atoms with van der Waals surface area (Å²) in [6.07, 6.45) is -0.0313. The van der Waals surface area contributed by atoms with Crippen LogP contribution >= 0.6 is 11.6 Å². The Balaban J connectivity index is 0.000000921. The highest BCUT2D eigenvalue weighted by Crippen LogP contribution is 2.25. The molecule has 2 aromatic rings. The maximum Gasteiger partial charge on any atom is 0.108 e. The minimum atomic E-state index is -0.0313. The molecule has 0 N–H and O–H groups in total. The van der Waals surface area contributed by atoms with Crippen molar-refractivity contribution in [2.45, 2.75) is 33.8 Å². The molecule has 2 rings (SSSR count). The Morgan fingerprint density at radius 2 is 1.14 bits per heavy atom. The molecule has 0 atom stereocenters. The molecule has 1 nitrogen and oxygen atoms in total. The van der Waals surface area contributed by atoms with Gasteiger partial charge in [-0.25, -0.2) is 0 Å². The zero-order valence-corrected chi connectivity index (χ0v) is 14.3. The number of hydrogen-bond donors (Lipinski definition) is 0. The van der Waals surface area contributed by atoms with Crippen LogP contribution in [0.1, 0.15) is 44.9 Å². The van der Waals surface area contributed by atoms with Gasteiger partial charge < -0.3 is 4.74 Å². The maximum absolute atomic E-state index is 5.83. The van der Waals surface area contributed by atoms with E-state index >= 15 is 0 Å². The fourth-order valence-electron chi connectivity index (χ4n) is 1.80. The highest BCUT2D eigenvalue weighted by molar-refractivity contribution is 6.17. The Morgan fingerprint density at radius 1 is 0.762 bits per heavy atom. The van der Waals surface area contributed by atoms with E-state index in [1.807, 2.05) is 64.1 Å². The molecule has 0 unspecified atom stereocenters. The summed E-state index contributed by atoms with van der Waals surface area (Å²) in [7, 11) is 0. The Kier molecular flexibility index (Phi) is 12.8. The quantitative estimate of drug-likeness (QED) is 0.608. The topological polar surface area (TPSA) is 9.23 Å². The van der Waals surface area contributed by atoms with Crippen molar-refractivity contribution in [1.29, 1.82) is 0 Å². The van der Waals surface area contributed by atoms with Crippen LogP contribution in [0.15, 0.2) is 60.7 Å². The van der Waals surface area contributed by atoms with Gasteiger partial charge in [0.2, 0.25) is 0 Å². The van der Waals surface area contributed by atoms with Gasteiger partial charge in [0, 0.05) is 5.88 Å². The Morgan fingerprint density at radius 3 is 1.48 bits per heavy atom. The van der Waals surface area contributed by atoms with E-state index in [4.69, 9.17) is 16.3 Å². The molecule has 0 heterocycles. The van der Waals surface area contributed by atoms with Crippen LogP contribution in [0.3, 0.4) is 0 Å². The highest BCUT2D eigenvalue weighted by atomic mass is 35.5. The normalized spacial score (nSPS) is 9.24. The van der Waals surface area contributed by atoms with Crippen molar-refractivity contribution in [2.75, 3.05) is 12.5 Å². The van der Waals surface area contributed by atoms with E-state index in [9.17, 15) is 0 Å². The molecule has 0 saturated heterocycles. The molecule has 0 bridgehead atoms. The molecular weight excluding hydrogens is 280 g/mol. The molecule has 0 aliphatic carbocycles. The number of rotatable bonds is 5. The molecule has 2 heteroatoms. The fourth-order valence-corrected chi connectivity index (χ4v) is 1.89. The highest BCUT2D eigenvalue weighted by Gasteiger charge is 2.13. The summed E-state index contributed by atoms with van der Waals surface area (Å²) in [6, 6.07) is 20.4. The van der Waals surface area contributed by atoms with E-state index in [1.165, 1.54) is 0 Å². The Bertz CT molecular complexity index is 388. The Hall–Kier alpha value is -1.31. The zero-order valence-electron chi connectivity index (χ0n) is 13.6. The van der Waals surface area contributed by atoms with Gasteiger partial charge in [-0.15, -0.1) is 11.6 Å². The largest absolute Gasteiger partial charge is 0.368 e. The van der Waals surface area contributed by atoms with Crippen molar-refractivity contribution in [3.63, 3.8) is 0 Å². The average Bonchev–Trinajstić information content (AvgIpc) is 2.61. The lowest BCUT2D eigenvalue weighted by Gasteiger charge is -2.18. The first-order valence-corrected chi connectivity index (χ1v) is 8.22. The summed E-state index contributed by atoms with van der Waals surface area (Å²) in [4.78, 5) is 0. The minimum absolute atomic E-state index is 0.0313. The summed E-state index contributed by atoms with van der Waals surface area (Å²) in [5, 5.41) is 0. The summed E-state index contributed by atoms with van der Waals surface area (Å²) in [5.74, 6) is 0.510. The summed E-state index contributed by atoms with van der Waals surface area (Å²) >= 11 is 5.70. The lowest BCUT2D eigenvalue weighted by Crippen LogP contribution is -2.07. The van der Waals surface area contributed by atoms with E-state index in [1.54, 1.807) is 0 Å². The monoisotopic (exact) mass is 306 g/mol. The molecule has 0 aromatic heterocycles. The number of hydrogen-bond acceptors (Lipinski definition) is 1. The molecule has 2 aromatic carbocycles. The van der Waals surface area contributed by atoms with Crippen molar-refractivity contribution in [3.8, 4) is 0 Å². The fraction of sp³-hybridized carbons (Fsp3) is 0.368. The molecule has 21 heavy (non-hydrogen) atoms. The van der Waals surface area contributed by atoms with Crippen LogP contribution in [0.4, 0.5) is 0 Å². The lowest BCUT2D eigenvalue weighted by atomic mass is 10.0. The summed E-state index contributed by atoms with van der Waals surface area (Å²) < 4.78 is 5.83. The van der Waals surface area contributed by atoms with Crippen molar-refractivity contribution < 1.29 is 4.74 Å². The van der Waals surface area contributed by atoms with Gasteiger partial charge in [0.05, 0.1) is 6.61 Å². The number of alkyl halides is 1. The molecule has 0 fully saturated rings. The molecule has 0 radical (unpaired) electrons. The third-order valence-corrected chi connectivity index (χ3v) is 2.72. The number of ether oxygens (including phenoxy) is 1. The van der Waals surface area contributed by atoms with Gasteiger partial charge in [-0.05, 0) is 11.1 Å². The van der Waals surface area contributed by atoms with Crippen LogP contribution in [0, 0.1) is 0 Å². The second-order valence-electron chi connectivity index (χ2n) is 3.76. The van der Waals surface area contributed by atoms with Gasteiger partial charge in [-0.2, -0.15) is 0 Å². The van der Waals surface area contributed by atoms with Crippen LogP contribution in [-0.4, -0.2) is 12.5 Å². The first-order chi connectivity index (χ1) is 10.4. The van der Waals surface area contributed by atoms with Gasteiger partial charge in [0.15, 0.2) is 0 Å². The smallest absolute Gasteiger partial charge is 0.108 e. The zero-order chi connectivity index (χ0) is 15.9. The van der Waals surface area contributed by atoms with Gasteiger partial charge in [-0.1, -0.05) is 88.4 Å². The first-order valence-electron chi connectivity index (χ1n) is 7.69. The van der Waals surface area contributed by atoms with E-state index in [0.717, 1.165) is 11.1 Å². The van der Waals surface area contributed by atoms with Crippen molar-refractivity contribution in [1.82, 2.24) is 0 Å². The molecule has 0 aliphatic heterocycles. The summed E-state index contributed by atoms with van der Waals surface area (Å²) in [5.41, 5.74) is 2.31. The van der Waals surface area contributed by atoms with Crippen LogP contribution in [0.2, 0.25) is 0 Å². The maximum atomic E-state index is 5.83. The van der Waals surface area contributed by atoms with Gasteiger partial charge in [0.1, 0.15) is 6.10 Å². The van der Waals surface area contributed by atoms with E-state index in [-0.39, 0.29) is 6.10 Å². The molecular formula is C19H27ClO. The second-order valence-corrected chi connectivity index (χ2v) is 4.14. The molecule has 0 saturated carbocycles. The molecule has 0 spiro atoms. The van der Waals surface area contributed by atoms with Gasteiger partial charge >= 0.3 is 0 Å². The first kappa shape index (κ1) is 19.7. The predicted molar refractivity (Wildman–Crippen MR) is 94.1 cm³/mol. The Labute approximate surface area is 134 Å². The van der Waals surface area contributed by atoms with Crippen molar-refractivity contribution in [3.05, 3.63) is 71.8 Å². The number of halogens is 1. The second kappa shape index (κ2) is 13.7. The third-order valence-electron chi connectivity index (χ3n) is 2.57. The van der Waals surface area contributed by atoms with Gasteiger partial charge in [-0.3, -0.25) is 0 Å². The molecule has 0 amide bonds. The third kappa shape index (κ3) is 7.31. The van der Waals surface area contributed by atoms with Crippen molar-refractivity contribution >= 4 is 11.6 Å². The van der Waals surface area contributed by atoms with Crippen LogP contribution < -0.4 is 0 Å². The average molecular weight is 307 g/mol. The van der Waals surface area contributed by atoms with E-state index in [2.05, 4.69) is 24.3 Å².